The van der Waals surface area contributed by atoms with Gasteiger partial charge in [-0.2, -0.15) is 0 Å². The number of H-pyrrole nitrogens is 1. The van der Waals surface area contributed by atoms with Gasteiger partial charge in [-0.25, -0.2) is 19.4 Å². The van der Waals surface area contributed by atoms with Crippen molar-refractivity contribution in [3.8, 4) is 0 Å². The van der Waals surface area contributed by atoms with Crippen LogP contribution in [-0.4, -0.2) is 87.0 Å². The Morgan fingerprint density at radius 3 is 2.55 bits per heavy atom. The summed E-state index contributed by atoms with van der Waals surface area (Å²) in [5, 5.41) is 13.9. The molecule has 1 saturated heterocycles. The molecule has 13 nitrogen and oxygen atoms in total. The van der Waals surface area contributed by atoms with Crippen molar-refractivity contribution in [1.82, 2.24) is 30.4 Å². The number of nitrogens with one attached hydrogen (secondary N) is 3. The van der Waals surface area contributed by atoms with E-state index in [0.717, 1.165) is 21.5 Å². The van der Waals surface area contributed by atoms with Gasteiger partial charge >= 0.3 is 18.1 Å². The monoisotopic (exact) mass is 522 g/mol. The Morgan fingerprint density at radius 2 is 1.82 bits per heavy atom. The molecule has 3 aromatic rings. The first-order valence-electron chi connectivity index (χ1n) is 11.8. The molecule has 1 aromatic heterocycles. The molecular weight excluding hydrogens is 496 g/mol. The Labute approximate surface area is 216 Å². The number of carbonyl (C=O) groups is 5. The van der Waals surface area contributed by atoms with Crippen molar-refractivity contribution in [3.05, 3.63) is 66.0 Å². The number of amides is 5. The minimum Gasteiger partial charge on any atom is -0.480 e. The fraction of sp³-hybridized carbons (Fsp3) is 0.280. The molecule has 4 N–H and O–H groups in total. The first kappa shape index (κ1) is 26.1. The number of nitrogens with zero attached hydrogens (tertiary/aromatic N) is 3. The number of imide groups is 1. The quantitative estimate of drug-likeness (QED) is 0.268. The lowest BCUT2D eigenvalue weighted by Crippen LogP contribution is -2.50. The molecule has 2 heterocycles. The molecule has 0 bridgehead atoms. The summed E-state index contributed by atoms with van der Waals surface area (Å²) in [6.45, 7) is -1.07. The second-order valence-corrected chi connectivity index (χ2v) is 8.54. The number of fused-ring (bicyclic) bond motifs is 1. The van der Waals surface area contributed by atoms with Gasteiger partial charge in [0.25, 0.3) is 5.91 Å². The van der Waals surface area contributed by atoms with Crippen molar-refractivity contribution in [1.29, 1.82) is 0 Å². The summed E-state index contributed by atoms with van der Waals surface area (Å²) < 4.78 is 5.00. The van der Waals surface area contributed by atoms with Crippen molar-refractivity contribution >= 4 is 40.9 Å². The molecule has 1 aliphatic rings. The first-order chi connectivity index (χ1) is 18.3. The van der Waals surface area contributed by atoms with Crippen LogP contribution in [-0.2, 0) is 32.1 Å². The first-order valence-corrected chi connectivity index (χ1v) is 11.8. The number of ether oxygens (including phenoxy) is 1. The molecular formula is C25H26N6O7. The molecule has 0 aliphatic carbocycles. The molecule has 0 radical (unpaired) electrons. The highest BCUT2D eigenvalue weighted by Gasteiger charge is 2.37. The molecule has 0 saturated carbocycles. The fourth-order valence-corrected chi connectivity index (χ4v) is 3.81. The van der Waals surface area contributed by atoms with Crippen LogP contribution in [0.3, 0.4) is 0 Å². The number of rotatable bonds is 11. The Balaban J connectivity index is 1.22. The van der Waals surface area contributed by atoms with E-state index in [1.165, 1.54) is 4.90 Å². The van der Waals surface area contributed by atoms with E-state index in [-0.39, 0.29) is 19.7 Å². The topological polar surface area (TPSA) is 174 Å². The van der Waals surface area contributed by atoms with Crippen LogP contribution in [0.15, 0.2) is 54.6 Å². The van der Waals surface area contributed by atoms with Gasteiger partial charge < -0.3 is 30.4 Å². The van der Waals surface area contributed by atoms with Gasteiger partial charge in [0.15, 0.2) is 0 Å². The van der Waals surface area contributed by atoms with Crippen molar-refractivity contribution in [2.24, 2.45) is 0 Å². The average molecular weight is 523 g/mol. The predicted molar refractivity (Wildman–Crippen MR) is 133 cm³/mol. The number of benzene rings is 2. The molecule has 1 fully saturated rings. The largest absolute Gasteiger partial charge is 0.480 e. The van der Waals surface area contributed by atoms with Crippen LogP contribution in [0.2, 0.25) is 0 Å². The molecule has 198 valence electrons. The smallest absolute Gasteiger partial charge is 0.408 e. The van der Waals surface area contributed by atoms with Crippen LogP contribution in [0, 0.1) is 0 Å². The maximum Gasteiger partial charge on any atom is 0.408 e. The third-order valence-corrected chi connectivity index (χ3v) is 5.79. The van der Waals surface area contributed by atoms with Crippen LogP contribution in [0.4, 0.5) is 9.59 Å². The number of alkyl carbamates (subject to hydrolysis) is 1. The summed E-state index contributed by atoms with van der Waals surface area (Å²) in [5.74, 6) is -2.03. The number of para-hydroxylation sites is 2. The Bertz CT molecular complexity index is 1310. The van der Waals surface area contributed by atoms with E-state index in [1.54, 1.807) is 30.3 Å². The van der Waals surface area contributed by atoms with E-state index < -0.39 is 49.0 Å². The van der Waals surface area contributed by atoms with Crippen LogP contribution in [0.5, 0.6) is 0 Å². The molecule has 1 aliphatic heterocycles. The van der Waals surface area contributed by atoms with Gasteiger partial charge in [-0.1, -0.05) is 42.5 Å². The zero-order valence-corrected chi connectivity index (χ0v) is 20.3. The predicted octanol–water partition coefficient (Wildman–Crippen LogP) is 0.865. The molecule has 1 atom stereocenters. The summed E-state index contributed by atoms with van der Waals surface area (Å²) in [7, 11) is 0. The van der Waals surface area contributed by atoms with Crippen LogP contribution >= 0.6 is 0 Å². The number of imidazole rings is 1. The minimum atomic E-state index is -1.48. The highest BCUT2D eigenvalue weighted by Crippen LogP contribution is 2.14. The summed E-state index contributed by atoms with van der Waals surface area (Å²) in [6, 6.07) is 14.2. The number of aromatic nitrogens is 2. The maximum atomic E-state index is 12.7. The SMILES string of the molecule is O=C(CN1C(=O)CN(CCc2nc3ccccc3[nH]2)C1=O)NCC(NC(=O)OCc1ccccc1)C(=O)O. The third-order valence-electron chi connectivity index (χ3n) is 5.79. The summed E-state index contributed by atoms with van der Waals surface area (Å²) >= 11 is 0. The summed E-state index contributed by atoms with van der Waals surface area (Å²) in [6.07, 6.45) is -0.583. The number of aromatic amines is 1. The lowest BCUT2D eigenvalue weighted by molar-refractivity contribution is -0.139. The van der Waals surface area contributed by atoms with Gasteiger partial charge in [0.2, 0.25) is 5.91 Å². The second-order valence-electron chi connectivity index (χ2n) is 8.54. The number of hydrogen-bond acceptors (Lipinski definition) is 7. The zero-order valence-electron chi connectivity index (χ0n) is 20.3. The Kier molecular flexibility index (Phi) is 8.16. The number of urea groups is 1. The van der Waals surface area contributed by atoms with Gasteiger partial charge in [0.1, 0.15) is 31.6 Å². The van der Waals surface area contributed by atoms with E-state index in [4.69, 9.17) is 4.74 Å². The molecule has 4 rings (SSSR count). The number of aliphatic carboxylic acids is 1. The van der Waals surface area contributed by atoms with E-state index >= 15 is 0 Å². The van der Waals surface area contributed by atoms with Gasteiger partial charge in [-0.15, -0.1) is 0 Å². The van der Waals surface area contributed by atoms with E-state index in [2.05, 4.69) is 20.6 Å². The maximum absolute atomic E-state index is 12.7. The number of carbonyl (C=O) groups excluding carboxylic acids is 4. The van der Waals surface area contributed by atoms with Crippen molar-refractivity contribution in [2.75, 3.05) is 26.2 Å². The normalized spacial score (nSPS) is 14.0. The molecule has 5 amide bonds. The minimum absolute atomic E-state index is 0.0581. The van der Waals surface area contributed by atoms with Crippen molar-refractivity contribution in [3.63, 3.8) is 0 Å². The van der Waals surface area contributed by atoms with Crippen LogP contribution in [0.1, 0.15) is 11.4 Å². The summed E-state index contributed by atoms with van der Waals surface area (Å²) in [5.41, 5.74) is 2.38. The van der Waals surface area contributed by atoms with Crippen molar-refractivity contribution in [2.45, 2.75) is 19.1 Å². The number of carboxylic acids is 1. The average Bonchev–Trinajstić information content (AvgIpc) is 3.44. The fourth-order valence-electron chi connectivity index (χ4n) is 3.81. The molecule has 2 aromatic carbocycles. The van der Waals surface area contributed by atoms with Crippen LogP contribution < -0.4 is 10.6 Å². The molecule has 38 heavy (non-hydrogen) atoms. The molecule has 13 heteroatoms. The standard InChI is InChI=1S/C25H26N6O7/c32-21(26-12-19(23(34)35)29-24(36)38-15-16-6-2-1-3-7-16)13-31-22(33)14-30(25(31)37)11-10-20-27-17-8-4-5-9-18(17)28-20/h1-9,19H,10-15H2,(H,26,32)(H,27,28)(H,29,36)(H,34,35). The van der Waals surface area contributed by atoms with Gasteiger partial charge in [0, 0.05) is 19.5 Å². The molecule has 1 unspecified atom stereocenters. The van der Waals surface area contributed by atoms with Gasteiger partial charge in [-0.3, -0.25) is 14.5 Å². The lowest BCUT2D eigenvalue weighted by Gasteiger charge is -2.18. The number of carboxylic acid groups (broad SMARTS) is 1. The van der Waals surface area contributed by atoms with Gasteiger partial charge in [-0.05, 0) is 17.7 Å². The Morgan fingerprint density at radius 1 is 1.08 bits per heavy atom. The van der Waals surface area contributed by atoms with E-state index in [0.29, 0.717) is 12.2 Å². The summed E-state index contributed by atoms with van der Waals surface area (Å²) in [4.78, 5) is 70.6. The molecule has 0 spiro atoms. The lowest BCUT2D eigenvalue weighted by atomic mass is 10.2. The third kappa shape index (κ3) is 6.63. The highest BCUT2D eigenvalue weighted by atomic mass is 16.5. The Hall–Kier alpha value is -4.94. The zero-order chi connectivity index (χ0) is 27.1. The van der Waals surface area contributed by atoms with Gasteiger partial charge in [0.05, 0.1) is 11.0 Å². The van der Waals surface area contributed by atoms with Crippen LogP contribution in [0.25, 0.3) is 11.0 Å². The number of hydrogen-bond donors (Lipinski definition) is 4. The van der Waals surface area contributed by atoms with E-state index in [1.807, 2.05) is 24.3 Å². The second kappa shape index (κ2) is 11.9. The van der Waals surface area contributed by atoms with Crippen molar-refractivity contribution < 1.29 is 33.8 Å². The highest BCUT2D eigenvalue weighted by molar-refractivity contribution is 6.04. The van der Waals surface area contributed by atoms with E-state index in [9.17, 15) is 29.1 Å².